The molecule has 0 radical (unpaired) electrons. The highest BCUT2D eigenvalue weighted by Gasteiger charge is 2.26. The number of aryl methyl sites for hydroxylation is 1. The van der Waals surface area contributed by atoms with Gasteiger partial charge in [-0.25, -0.2) is 0 Å². The minimum Gasteiger partial charge on any atom is -0.465 e. The van der Waals surface area contributed by atoms with Gasteiger partial charge in [-0.2, -0.15) is 0 Å². The van der Waals surface area contributed by atoms with Crippen molar-refractivity contribution in [1.82, 2.24) is 15.2 Å². The Balaban J connectivity index is 1.73. The first-order valence-electron chi connectivity index (χ1n) is 7.99. The van der Waals surface area contributed by atoms with Crippen molar-refractivity contribution in [3.05, 3.63) is 52.2 Å². The number of H-pyrrole nitrogens is 1. The molecule has 7 heteroatoms. The zero-order chi connectivity index (χ0) is 16.9. The third-order valence-electron chi connectivity index (χ3n) is 4.09. The Kier molecular flexibility index (Phi) is 5.44. The van der Waals surface area contributed by atoms with Gasteiger partial charge in [-0.15, -0.1) is 0 Å². The van der Waals surface area contributed by atoms with Gasteiger partial charge in [0.15, 0.2) is 0 Å². The Morgan fingerprint density at radius 2 is 2.17 bits per heavy atom. The summed E-state index contributed by atoms with van der Waals surface area (Å²) in [5.74, 6) is 1.53. The van der Waals surface area contributed by atoms with E-state index in [1.165, 1.54) is 0 Å². The van der Waals surface area contributed by atoms with E-state index in [0.29, 0.717) is 30.0 Å². The second kappa shape index (κ2) is 7.74. The summed E-state index contributed by atoms with van der Waals surface area (Å²) in [4.78, 5) is 17.6. The van der Waals surface area contributed by atoms with E-state index in [0.717, 1.165) is 24.6 Å². The monoisotopic (exact) mass is 347 g/mol. The lowest BCUT2D eigenvalue weighted by atomic mass is 10.1. The molecule has 1 aliphatic rings. The SMILES string of the molecule is Cc1ccc(C(CNC(=O)c2ccc[nH]c2=S)N2CCOCC2)o1. The van der Waals surface area contributed by atoms with Crippen molar-refractivity contribution >= 4 is 18.1 Å². The summed E-state index contributed by atoms with van der Waals surface area (Å²) in [6.07, 6.45) is 1.71. The lowest BCUT2D eigenvalue weighted by Gasteiger charge is -2.33. The maximum atomic E-state index is 12.4. The average molecular weight is 347 g/mol. The number of hydrogen-bond donors (Lipinski definition) is 2. The number of morpholine rings is 1. The molecule has 2 N–H and O–H groups in total. The summed E-state index contributed by atoms with van der Waals surface area (Å²) in [5, 5.41) is 2.98. The number of aromatic amines is 1. The Morgan fingerprint density at radius 1 is 1.38 bits per heavy atom. The van der Waals surface area contributed by atoms with Crippen molar-refractivity contribution in [3.63, 3.8) is 0 Å². The molecule has 1 amide bonds. The van der Waals surface area contributed by atoms with E-state index >= 15 is 0 Å². The fourth-order valence-corrected chi connectivity index (χ4v) is 3.05. The molecule has 6 nitrogen and oxygen atoms in total. The van der Waals surface area contributed by atoms with E-state index in [4.69, 9.17) is 21.4 Å². The number of nitrogens with one attached hydrogen (secondary N) is 2. The first-order valence-corrected chi connectivity index (χ1v) is 8.40. The first-order chi connectivity index (χ1) is 11.6. The number of carbonyl (C=O) groups is 1. The number of pyridine rings is 1. The van der Waals surface area contributed by atoms with Crippen molar-refractivity contribution in [3.8, 4) is 0 Å². The maximum absolute atomic E-state index is 12.4. The number of carbonyl (C=O) groups excluding carboxylic acids is 1. The number of nitrogens with zero attached hydrogens (tertiary/aromatic N) is 1. The number of furan rings is 1. The number of amides is 1. The summed E-state index contributed by atoms with van der Waals surface area (Å²) in [7, 11) is 0. The van der Waals surface area contributed by atoms with Crippen LogP contribution in [0.3, 0.4) is 0 Å². The third kappa shape index (κ3) is 3.92. The molecule has 1 aliphatic heterocycles. The number of ether oxygens (including phenoxy) is 1. The van der Waals surface area contributed by atoms with Crippen LogP contribution in [0.2, 0.25) is 0 Å². The predicted molar refractivity (Wildman–Crippen MR) is 92.5 cm³/mol. The fourth-order valence-electron chi connectivity index (χ4n) is 2.82. The zero-order valence-electron chi connectivity index (χ0n) is 13.6. The minimum atomic E-state index is -0.182. The van der Waals surface area contributed by atoms with E-state index in [2.05, 4.69) is 15.2 Å². The van der Waals surface area contributed by atoms with Crippen molar-refractivity contribution < 1.29 is 13.9 Å². The summed E-state index contributed by atoms with van der Waals surface area (Å²) in [6.45, 7) is 5.37. The highest BCUT2D eigenvalue weighted by Crippen LogP contribution is 2.23. The van der Waals surface area contributed by atoms with Gasteiger partial charge in [0, 0.05) is 25.8 Å². The summed E-state index contributed by atoms with van der Waals surface area (Å²) < 4.78 is 11.7. The van der Waals surface area contributed by atoms with E-state index < -0.39 is 0 Å². The van der Waals surface area contributed by atoms with Gasteiger partial charge in [0.1, 0.15) is 16.2 Å². The Bertz CT molecular complexity index is 749. The third-order valence-corrected chi connectivity index (χ3v) is 4.43. The second-order valence-corrected chi connectivity index (χ2v) is 6.14. The number of rotatable bonds is 5. The van der Waals surface area contributed by atoms with Gasteiger partial charge in [-0.05, 0) is 31.2 Å². The maximum Gasteiger partial charge on any atom is 0.254 e. The normalized spacial score (nSPS) is 16.7. The number of aromatic nitrogens is 1. The van der Waals surface area contributed by atoms with Crippen LogP contribution in [0.25, 0.3) is 0 Å². The van der Waals surface area contributed by atoms with Crippen LogP contribution < -0.4 is 5.32 Å². The molecule has 3 heterocycles. The van der Waals surface area contributed by atoms with Crippen LogP contribution >= 0.6 is 12.2 Å². The summed E-state index contributed by atoms with van der Waals surface area (Å²) in [6, 6.07) is 7.37. The van der Waals surface area contributed by atoms with Gasteiger partial charge in [0.25, 0.3) is 5.91 Å². The first kappa shape index (κ1) is 16.9. The van der Waals surface area contributed by atoms with Crippen LogP contribution in [0.1, 0.15) is 27.9 Å². The average Bonchev–Trinajstić information content (AvgIpc) is 3.02. The lowest BCUT2D eigenvalue weighted by molar-refractivity contribution is 0.0117. The van der Waals surface area contributed by atoms with E-state index in [1.54, 1.807) is 18.3 Å². The van der Waals surface area contributed by atoms with Gasteiger partial charge < -0.3 is 19.5 Å². The molecule has 2 aromatic heterocycles. The molecule has 24 heavy (non-hydrogen) atoms. The molecule has 0 bridgehead atoms. The van der Waals surface area contributed by atoms with Crippen LogP contribution in [-0.2, 0) is 4.74 Å². The van der Waals surface area contributed by atoms with Crippen LogP contribution in [-0.4, -0.2) is 48.6 Å². The fraction of sp³-hybridized carbons (Fsp3) is 0.412. The molecule has 0 aliphatic carbocycles. The molecule has 1 fully saturated rings. The quantitative estimate of drug-likeness (QED) is 0.813. The molecule has 128 valence electrons. The van der Waals surface area contributed by atoms with Crippen LogP contribution in [0.4, 0.5) is 0 Å². The smallest absolute Gasteiger partial charge is 0.254 e. The molecule has 0 spiro atoms. The van der Waals surface area contributed by atoms with E-state index in [1.807, 2.05) is 19.1 Å². The topological polar surface area (TPSA) is 70.5 Å². The van der Waals surface area contributed by atoms with Gasteiger partial charge in [-0.3, -0.25) is 9.69 Å². The summed E-state index contributed by atoms with van der Waals surface area (Å²) in [5.41, 5.74) is 0.476. The van der Waals surface area contributed by atoms with E-state index in [9.17, 15) is 4.79 Å². The van der Waals surface area contributed by atoms with Crippen LogP contribution in [0, 0.1) is 11.6 Å². The molecular weight excluding hydrogens is 326 g/mol. The second-order valence-electron chi connectivity index (χ2n) is 5.74. The summed E-state index contributed by atoms with van der Waals surface area (Å²) >= 11 is 5.17. The predicted octanol–water partition coefficient (Wildman–Crippen LogP) is 2.45. The zero-order valence-corrected chi connectivity index (χ0v) is 14.4. The van der Waals surface area contributed by atoms with Crippen molar-refractivity contribution in [2.24, 2.45) is 0 Å². The standard InChI is InChI=1S/C17H21N3O3S/c1-12-4-5-15(23-12)14(20-7-9-22-10-8-20)11-19-16(21)13-3-2-6-18-17(13)24/h2-6,14H,7-11H2,1H3,(H,18,24)(H,19,21). The van der Waals surface area contributed by atoms with Gasteiger partial charge in [0.2, 0.25) is 0 Å². The highest BCUT2D eigenvalue weighted by molar-refractivity contribution is 7.71. The molecule has 1 atom stereocenters. The van der Waals surface area contributed by atoms with E-state index in [-0.39, 0.29) is 11.9 Å². The lowest BCUT2D eigenvalue weighted by Crippen LogP contribution is -2.43. The van der Waals surface area contributed by atoms with Crippen LogP contribution in [0.15, 0.2) is 34.9 Å². The molecule has 1 unspecified atom stereocenters. The molecule has 0 saturated carbocycles. The van der Waals surface area contributed by atoms with Crippen LogP contribution in [0.5, 0.6) is 0 Å². The Hall–Kier alpha value is -1.96. The van der Waals surface area contributed by atoms with Crippen molar-refractivity contribution in [1.29, 1.82) is 0 Å². The minimum absolute atomic E-state index is 0.0205. The Labute approximate surface area is 145 Å². The molecule has 2 aromatic rings. The van der Waals surface area contributed by atoms with Gasteiger partial charge in [0.05, 0.1) is 24.8 Å². The largest absolute Gasteiger partial charge is 0.465 e. The molecule has 0 aromatic carbocycles. The van der Waals surface area contributed by atoms with Crippen molar-refractivity contribution in [2.45, 2.75) is 13.0 Å². The van der Waals surface area contributed by atoms with Gasteiger partial charge >= 0.3 is 0 Å². The molecule has 1 saturated heterocycles. The van der Waals surface area contributed by atoms with Crippen molar-refractivity contribution in [2.75, 3.05) is 32.8 Å². The van der Waals surface area contributed by atoms with Gasteiger partial charge in [-0.1, -0.05) is 12.2 Å². The Morgan fingerprint density at radius 3 is 2.83 bits per heavy atom. The highest BCUT2D eigenvalue weighted by atomic mass is 32.1. The molecular formula is C17H21N3O3S. The molecule has 3 rings (SSSR count). The number of hydrogen-bond acceptors (Lipinski definition) is 5.